The molecular weight excluding hydrogens is 236 g/mol. The Hall–Kier alpha value is -1.59. The normalized spacial score (nSPS) is 18.1. The molecule has 1 aliphatic rings. The van der Waals surface area contributed by atoms with Crippen LogP contribution in [0.2, 0.25) is 0 Å². The summed E-state index contributed by atoms with van der Waals surface area (Å²) < 4.78 is 11.5. The van der Waals surface area contributed by atoms with Crippen LogP contribution in [-0.4, -0.2) is 11.6 Å². The van der Waals surface area contributed by atoms with Crippen LogP contribution in [0.15, 0.2) is 30.5 Å². The molecule has 0 aliphatic carbocycles. The zero-order valence-corrected chi connectivity index (χ0v) is 9.94. The van der Waals surface area contributed by atoms with Gasteiger partial charge in [-0.25, -0.2) is 4.98 Å². The second kappa shape index (κ2) is 4.35. The number of ether oxygens (including phenoxy) is 2. The van der Waals surface area contributed by atoms with Crippen molar-refractivity contribution in [1.82, 2.24) is 4.98 Å². The molecule has 88 valence electrons. The van der Waals surface area contributed by atoms with Crippen LogP contribution < -0.4 is 15.2 Å². The van der Waals surface area contributed by atoms with E-state index in [0.29, 0.717) is 13.2 Å². The Labute approximate surface area is 103 Å². The molecule has 1 aromatic heterocycles. The summed E-state index contributed by atoms with van der Waals surface area (Å²) in [6, 6.07) is 7.66. The van der Waals surface area contributed by atoms with Crippen molar-refractivity contribution < 1.29 is 9.47 Å². The van der Waals surface area contributed by atoms with Gasteiger partial charge in [0.2, 0.25) is 0 Å². The average molecular weight is 248 g/mol. The summed E-state index contributed by atoms with van der Waals surface area (Å²) in [5.74, 6) is 1.56. The van der Waals surface area contributed by atoms with Gasteiger partial charge in [-0.15, -0.1) is 11.3 Å². The first-order valence-electron chi connectivity index (χ1n) is 5.40. The summed E-state index contributed by atoms with van der Waals surface area (Å²) in [5, 5.41) is 0.917. The molecular formula is C12H12N2O2S. The quantitative estimate of drug-likeness (QED) is 0.884. The van der Waals surface area contributed by atoms with Crippen molar-refractivity contribution in [3.05, 3.63) is 40.3 Å². The largest absolute Gasteiger partial charge is 0.485 e. The molecule has 0 radical (unpaired) electrons. The van der Waals surface area contributed by atoms with E-state index in [1.807, 2.05) is 24.3 Å². The smallest absolute Gasteiger partial charge is 0.184 e. The molecule has 0 fully saturated rings. The zero-order valence-electron chi connectivity index (χ0n) is 9.13. The highest BCUT2D eigenvalue weighted by Crippen LogP contribution is 2.36. The number of rotatable bonds is 2. The second-order valence-electron chi connectivity index (χ2n) is 3.73. The molecule has 1 unspecified atom stereocenters. The van der Waals surface area contributed by atoms with E-state index in [9.17, 15) is 0 Å². The fourth-order valence-corrected chi connectivity index (χ4v) is 2.52. The van der Waals surface area contributed by atoms with Gasteiger partial charge in [0.25, 0.3) is 0 Å². The number of benzene rings is 1. The predicted molar refractivity (Wildman–Crippen MR) is 65.3 cm³/mol. The highest BCUT2D eigenvalue weighted by atomic mass is 32.1. The first kappa shape index (κ1) is 10.6. The van der Waals surface area contributed by atoms with Gasteiger partial charge < -0.3 is 15.2 Å². The lowest BCUT2D eigenvalue weighted by atomic mass is 10.2. The fraction of sp³-hybridized carbons (Fsp3) is 0.250. The fourth-order valence-electron chi connectivity index (χ4n) is 1.71. The van der Waals surface area contributed by atoms with Crippen LogP contribution in [0.5, 0.6) is 11.5 Å². The van der Waals surface area contributed by atoms with Gasteiger partial charge in [-0.05, 0) is 12.1 Å². The molecule has 3 rings (SSSR count). The van der Waals surface area contributed by atoms with Crippen LogP contribution in [-0.2, 0) is 6.54 Å². The Morgan fingerprint density at radius 1 is 1.35 bits per heavy atom. The van der Waals surface area contributed by atoms with Crippen LogP contribution in [0, 0.1) is 0 Å². The monoisotopic (exact) mass is 248 g/mol. The minimum absolute atomic E-state index is 0.129. The Kier molecular flexibility index (Phi) is 2.70. The number of hydrogen-bond donors (Lipinski definition) is 1. The molecule has 0 saturated carbocycles. The molecule has 0 amide bonds. The van der Waals surface area contributed by atoms with Gasteiger partial charge in [-0.2, -0.15) is 0 Å². The predicted octanol–water partition coefficient (Wildman–Crippen LogP) is 2.11. The topological polar surface area (TPSA) is 57.4 Å². The minimum atomic E-state index is -0.129. The summed E-state index contributed by atoms with van der Waals surface area (Å²) in [7, 11) is 0. The maximum absolute atomic E-state index is 5.86. The second-order valence-corrected chi connectivity index (χ2v) is 4.88. The Bertz CT molecular complexity index is 527. The van der Waals surface area contributed by atoms with Crippen LogP contribution in [0.4, 0.5) is 0 Å². The molecule has 2 heterocycles. The third kappa shape index (κ3) is 1.99. The zero-order chi connectivity index (χ0) is 11.7. The van der Waals surface area contributed by atoms with E-state index < -0.39 is 0 Å². The number of nitrogens with two attached hydrogens (primary N) is 1. The first-order valence-corrected chi connectivity index (χ1v) is 6.21. The summed E-state index contributed by atoms with van der Waals surface area (Å²) in [4.78, 5) is 5.37. The molecule has 2 N–H and O–H groups in total. The minimum Gasteiger partial charge on any atom is -0.485 e. The molecule has 0 saturated heterocycles. The first-order chi connectivity index (χ1) is 8.36. The van der Waals surface area contributed by atoms with E-state index in [0.717, 1.165) is 21.4 Å². The standard InChI is InChI=1S/C12H12N2O2S/c13-5-8-6-14-12(17-8)11-7-15-9-3-1-2-4-10(9)16-11/h1-4,6,11H,5,7,13H2. The van der Waals surface area contributed by atoms with Gasteiger partial charge in [-0.1, -0.05) is 12.1 Å². The summed E-state index contributed by atoms with van der Waals surface area (Å²) in [6.07, 6.45) is 1.67. The van der Waals surface area contributed by atoms with E-state index >= 15 is 0 Å². The van der Waals surface area contributed by atoms with E-state index in [1.165, 1.54) is 0 Å². The van der Waals surface area contributed by atoms with Crippen LogP contribution in [0.25, 0.3) is 0 Å². The SMILES string of the molecule is NCc1cnc(C2COc3ccccc3O2)s1. The lowest BCUT2D eigenvalue weighted by molar-refractivity contribution is 0.0911. The number of hydrogen-bond acceptors (Lipinski definition) is 5. The van der Waals surface area contributed by atoms with E-state index in [-0.39, 0.29) is 6.10 Å². The van der Waals surface area contributed by atoms with E-state index in [2.05, 4.69) is 4.98 Å². The Morgan fingerprint density at radius 2 is 2.18 bits per heavy atom. The van der Waals surface area contributed by atoms with Crippen LogP contribution in [0.1, 0.15) is 16.0 Å². The number of aromatic nitrogens is 1. The van der Waals surface area contributed by atoms with Gasteiger partial charge in [-0.3, -0.25) is 0 Å². The van der Waals surface area contributed by atoms with E-state index in [1.54, 1.807) is 17.5 Å². The van der Waals surface area contributed by atoms with E-state index in [4.69, 9.17) is 15.2 Å². The van der Waals surface area contributed by atoms with Gasteiger partial charge >= 0.3 is 0 Å². The van der Waals surface area contributed by atoms with Crippen LogP contribution in [0.3, 0.4) is 0 Å². The van der Waals surface area contributed by atoms with Crippen LogP contribution >= 0.6 is 11.3 Å². The van der Waals surface area contributed by atoms with Gasteiger partial charge in [0.05, 0.1) is 0 Å². The summed E-state index contributed by atoms with van der Waals surface area (Å²) >= 11 is 1.57. The van der Waals surface area contributed by atoms with Crippen molar-refractivity contribution in [1.29, 1.82) is 0 Å². The highest BCUT2D eigenvalue weighted by molar-refractivity contribution is 7.11. The Morgan fingerprint density at radius 3 is 2.94 bits per heavy atom. The molecule has 1 aromatic carbocycles. The summed E-state index contributed by atoms with van der Waals surface area (Å²) in [5.41, 5.74) is 5.57. The van der Waals surface area contributed by atoms with Crippen molar-refractivity contribution in [2.75, 3.05) is 6.61 Å². The molecule has 1 aliphatic heterocycles. The average Bonchev–Trinajstić information content (AvgIpc) is 2.87. The molecule has 0 bridgehead atoms. The molecule has 1 atom stereocenters. The summed E-state index contributed by atoms with van der Waals surface area (Å²) in [6.45, 7) is 1.01. The van der Waals surface area contributed by atoms with Crippen molar-refractivity contribution in [2.24, 2.45) is 5.73 Å². The maximum atomic E-state index is 5.86. The van der Waals surface area contributed by atoms with Gasteiger partial charge in [0.1, 0.15) is 11.6 Å². The van der Waals surface area contributed by atoms with Crippen molar-refractivity contribution >= 4 is 11.3 Å². The number of nitrogens with zero attached hydrogens (tertiary/aromatic N) is 1. The third-order valence-corrected chi connectivity index (χ3v) is 3.67. The molecule has 2 aromatic rings. The van der Waals surface area contributed by atoms with Crippen molar-refractivity contribution in [3.8, 4) is 11.5 Å². The maximum Gasteiger partial charge on any atom is 0.184 e. The highest BCUT2D eigenvalue weighted by Gasteiger charge is 2.24. The molecule has 17 heavy (non-hydrogen) atoms. The third-order valence-electron chi connectivity index (χ3n) is 2.56. The lowest BCUT2D eigenvalue weighted by Gasteiger charge is -2.24. The lowest BCUT2D eigenvalue weighted by Crippen LogP contribution is -2.21. The number of fused-ring (bicyclic) bond motifs is 1. The molecule has 4 nitrogen and oxygen atoms in total. The Balaban J connectivity index is 1.84. The van der Waals surface area contributed by atoms with Crippen molar-refractivity contribution in [2.45, 2.75) is 12.6 Å². The number of thiazole rings is 1. The molecule has 5 heteroatoms. The number of para-hydroxylation sites is 2. The van der Waals surface area contributed by atoms with Gasteiger partial charge in [0.15, 0.2) is 17.6 Å². The van der Waals surface area contributed by atoms with Gasteiger partial charge in [0, 0.05) is 17.6 Å². The van der Waals surface area contributed by atoms with Crippen molar-refractivity contribution in [3.63, 3.8) is 0 Å². The molecule has 0 spiro atoms.